The molecule has 1 N–H and O–H groups in total. The number of benzene rings is 1. The molecule has 1 saturated heterocycles. The van der Waals surface area contributed by atoms with E-state index in [1.807, 2.05) is 24.8 Å². The highest BCUT2D eigenvalue weighted by molar-refractivity contribution is 5.95. The largest absolute Gasteiger partial charge is 0.466 e. The van der Waals surface area contributed by atoms with Crippen LogP contribution in [-0.4, -0.2) is 27.3 Å². The van der Waals surface area contributed by atoms with Crippen molar-refractivity contribution in [2.24, 2.45) is 0 Å². The average Bonchev–Trinajstić information content (AvgIpc) is 3.28. The number of hydrogen-bond acceptors (Lipinski definition) is 3. The summed E-state index contributed by atoms with van der Waals surface area (Å²) in [7, 11) is 0. The zero-order valence-electron chi connectivity index (χ0n) is 15.5. The average molecular weight is 367 g/mol. The maximum atomic E-state index is 13.5. The van der Waals surface area contributed by atoms with Crippen molar-refractivity contribution in [3.63, 3.8) is 0 Å². The smallest absolute Gasteiger partial charge is 0.258 e. The van der Waals surface area contributed by atoms with Gasteiger partial charge in [-0.15, -0.1) is 0 Å². The second-order valence-electron chi connectivity index (χ2n) is 7.03. The minimum absolute atomic E-state index is 0.0299. The van der Waals surface area contributed by atoms with Gasteiger partial charge in [0, 0.05) is 12.1 Å². The third-order valence-corrected chi connectivity index (χ3v) is 5.08. The molecule has 0 saturated carbocycles. The molecule has 1 fully saturated rings. The highest BCUT2D eigenvalue weighted by Gasteiger charge is 2.32. The molecular formula is C21H22FN3O2. The normalized spacial score (nSPS) is 17.3. The predicted molar refractivity (Wildman–Crippen MR) is 99.8 cm³/mol. The van der Waals surface area contributed by atoms with Gasteiger partial charge in [-0.25, -0.2) is 9.37 Å². The van der Waals surface area contributed by atoms with Crippen LogP contribution in [0, 0.1) is 19.7 Å². The molecule has 1 aromatic carbocycles. The molecule has 140 valence electrons. The summed E-state index contributed by atoms with van der Waals surface area (Å²) in [5, 5.41) is 0. The third kappa shape index (κ3) is 3.39. The quantitative estimate of drug-likeness (QED) is 0.724. The van der Waals surface area contributed by atoms with E-state index < -0.39 is 0 Å². The first-order valence-electron chi connectivity index (χ1n) is 9.22. The Labute approximate surface area is 157 Å². The van der Waals surface area contributed by atoms with Crippen LogP contribution in [0.3, 0.4) is 0 Å². The highest BCUT2D eigenvalue weighted by Crippen LogP contribution is 2.32. The molecular weight excluding hydrogens is 345 g/mol. The topological polar surface area (TPSA) is 62.1 Å². The number of aromatic nitrogens is 2. The van der Waals surface area contributed by atoms with Crippen LogP contribution in [0.25, 0.3) is 11.3 Å². The van der Waals surface area contributed by atoms with Crippen LogP contribution in [0.2, 0.25) is 0 Å². The number of aromatic amines is 1. The van der Waals surface area contributed by atoms with Gasteiger partial charge in [0.25, 0.3) is 5.91 Å². The predicted octanol–water partition coefficient (Wildman–Crippen LogP) is 4.79. The van der Waals surface area contributed by atoms with Crippen molar-refractivity contribution >= 4 is 5.91 Å². The zero-order chi connectivity index (χ0) is 19.0. The number of nitrogens with one attached hydrogen (secondary N) is 1. The van der Waals surface area contributed by atoms with E-state index in [1.165, 1.54) is 12.1 Å². The van der Waals surface area contributed by atoms with Crippen molar-refractivity contribution in [1.29, 1.82) is 0 Å². The number of amides is 1. The van der Waals surface area contributed by atoms with Crippen LogP contribution < -0.4 is 0 Å². The van der Waals surface area contributed by atoms with Gasteiger partial charge in [-0.1, -0.05) is 12.1 Å². The first-order chi connectivity index (χ1) is 13.0. The van der Waals surface area contributed by atoms with Gasteiger partial charge in [0.1, 0.15) is 23.2 Å². The van der Waals surface area contributed by atoms with Crippen molar-refractivity contribution in [2.45, 2.75) is 39.2 Å². The van der Waals surface area contributed by atoms with Gasteiger partial charge >= 0.3 is 0 Å². The van der Waals surface area contributed by atoms with E-state index in [2.05, 4.69) is 9.97 Å². The van der Waals surface area contributed by atoms with E-state index in [0.29, 0.717) is 17.9 Å². The first-order valence-corrected chi connectivity index (χ1v) is 9.22. The number of furan rings is 1. The van der Waals surface area contributed by atoms with E-state index >= 15 is 0 Å². The van der Waals surface area contributed by atoms with E-state index in [1.54, 1.807) is 18.3 Å². The Morgan fingerprint density at radius 2 is 2.15 bits per heavy atom. The van der Waals surface area contributed by atoms with Gasteiger partial charge in [0.05, 0.1) is 23.5 Å². The number of H-pyrrole nitrogens is 1. The fourth-order valence-corrected chi connectivity index (χ4v) is 3.77. The molecule has 1 unspecified atom stereocenters. The number of carbonyl (C=O) groups excluding carboxylic acids is 1. The number of carbonyl (C=O) groups is 1. The lowest BCUT2D eigenvalue weighted by Gasteiger charge is -2.34. The summed E-state index contributed by atoms with van der Waals surface area (Å²) in [6.07, 6.45) is 4.55. The Hall–Kier alpha value is -2.89. The monoisotopic (exact) mass is 367 g/mol. The number of nitrogens with zero attached hydrogens (tertiary/aromatic N) is 2. The molecule has 1 aliphatic heterocycles. The van der Waals surface area contributed by atoms with E-state index in [-0.39, 0.29) is 17.8 Å². The SMILES string of the molecule is Cc1cc(C(=O)N2CCCCC2c2ncc(-c3cccc(F)c3)[nH]2)c(C)o1. The lowest BCUT2D eigenvalue weighted by Crippen LogP contribution is -2.39. The molecule has 1 atom stereocenters. The summed E-state index contributed by atoms with van der Waals surface area (Å²) in [6.45, 7) is 4.34. The van der Waals surface area contributed by atoms with E-state index in [0.717, 1.165) is 42.1 Å². The van der Waals surface area contributed by atoms with Crippen LogP contribution in [-0.2, 0) is 0 Å². The summed E-state index contributed by atoms with van der Waals surface area (Å²) >= 11 is 0. The van der Waals surface area contributed by atoms with Crippen LogP contribution in [0.15, 0.2) is 40.9 Å². The Bertz CT molecular complexity index is 975. The third-order valence-electron chi connectivity index (χ3n) is 5.08. The summed E-state index contributed by atoms with van der Waals surface area (Å²) in [5.74, 6) is 1.79. The van der Waals surface area contributed by atoms with E-state index in [4.69, 9.17) is 4.42 Å². The maximum Gasteiger partial charge on any atom is 0.258 e. The number of rotatable bonds is 3. The van der Waals surface area contributed by atoms with Crippen molar-refractivity contribution < 1.29 is 13.6 Å². The number of imidazole rings is 1. The number of likely N-dealkylation sites (tertiary alicyclic amines) is 1. The standard InChI is InChI=1S/C21H22FN3O2/c1-13-10-17(14(2)27-13)21(26)25-9-4-3-8-19(25)20-23-12-18(24-20)15-6-5-7-16(22)11-15/h5-7,10-12,19H,3-4,8-9H2,1-2H3,(H,23,24). The van der Waals surface area contributed by atoms with Crippen LogP contribution in [0.1, 0.15) is 53.0 Å². The Morgan fingerprint density at radius 1 is 1.30 bits per heavy atom. The number of hydrogen-bond donors (Lipinski definition) is 1. The second kappa shape index (κ2) is 7.02. The number of aryl methyl sites for hydroxylation is 2. The maximum absolute atomic E-state index is 13.5. The fraction of sp³-hybridized carbons (Fsp3) is 0.333. The van der Waals surface area contributed by atoms with Gasteiger partial charge in [0.2, 0.25) is 0 Å². The zero-order valence-corrected chi connectivity index (χ0v) is 15.5. The highest BCUT2D eigenvalue weighted by atomic mass is 19.1. The van der Waals surface area contributed by atoms with Crippen molar-refractivity contribution in [2.75, 3.05) is 6.54 Å². The summed E-state index contributed by atoms with van der Waals surface area (Å²) in [4.78, 5) is 22.8. The molecule has 1 aliphatic rings. The Morgan fingerprint density at radius 3 is 2.89 bits per heavy atom. The van der Waals surface area contributed by atoms with Crippen molar-refractivity contribution in [3.8, 4) is 11.3 Å². The molecule has 1 amide bonds. The number of piperidine rings is 1. The molecule has 2 aromatic heterocycles. The van der Waals surface area contributed by atoms with Crippen molar-refractivity contribution in [1.82, 2.24) is 14.9 Å². The molecule has 3 heterocycles. The molecule has 0 spiro atoms. The van der Waals surface area contributed by atoms with Gasteiger partial charge in [-0.2, -0.15) is 0 Å². The van der Waals surface area contributed by atoms with Gasteiger partial charge in [-0.3, -0.25) is 4.79 Å². The number of halogens is 1. The molecule has 27 heavy (non-hydrogen) atoms. The van der Waals surface area contributed by atoms with Gasteiger partial charge < -0.3 is 14.3 Å². The fourth-order valence-electron chi connectivity index (χ4n) is 3.77. The molecule has 0 aliphatic carbocycles. The lowest BCUT2D eigenvalue weighted by atomic mass is 10.00. The van der Waals surface area contributed by atoms with Crippen LogP contribution >= 0.6 is 0 Å². The Kier molecular flexibility index (Phi) is 4.56. The van der Waals surface area contributed by atoms with Crippen molar-refractivity contribution in [3.05, 3.63) is 65.3 Å². The molecule has 6 heteroatoms. The summed E-state index contributed by atoms with van der Waals surface area (Å²) < 4.78 is 19.0. The molecule has 0 bridgehead atoms. The summed E-state index contributed by atoms with van der Waals surface area (Å²) in [6, 6.07) is 8.07. The van der Waals surface area contributed by atoms with Crippen LogP contribution in [0.5, 0.6) is 0 Å². The molecule has 4 rings (SSSR count). The molecule has 0 radical (unpaired) electrons. The second-order valence-corrected chi connectivity index (χ2v) is 7.03. The minimum Gasteiger partial charge on any atom is -0.466 e. The molecule has 3 aromatic rings. The lowest BCUT2D eigenvalue weighted by molar-refractivity contribution is 0.0599. The van der Waals surface area contributed by atoms with E-state index in [9.17, 15) is 9.18 Å². The van der Waals surface area contributed by atoms with Gasteiger partial charge in [-0.05, 0) is 51.3 Å². The Balaban J connectivity index is 1.63. The first kappa shape index (κ1) is 17.5. The molecule has 5 nitrogen and oxygen atoms in total. The minimum atomic E-state index is -0.288. The van der Waals surface area contributed by atoms with Gasteiger partial charge in [0.15, 0.2) is 0 Å². The summed E-state index contributed by atoms with van der Waals surface area (Å²) in [5.41, 5.74) is 2.10. The van der Waals surface area contributed by atoms with Crippen LogP contribution in [0.4, 0.5) is 4.39 Å².